The number of carbonyl (C=O) groups is 1. The van der Waals surface area contributed by atoms with E-state index in [9.17, 15) is 4.79 Å². The van der Waals surface area contributed by atoms with Crippen molar-refractivity contribution in [3.63, 3.8) is 0 Å². The van der Waals surface area contributed by atoms with E-state index < -0.39 is 6.23 Å². The Morgan fingerprint density at radius 1 is 0.846 bits per heavy atom. The van der Waals surface area contributed by atoms with Crippen molar-refractivity contribution in [2.45, 2.75) is 6.23 Å². The quantitative estimate of drug-likeness (QED) is 0.700. The number of ether oxygens (including phenoxy) is 3. The third kappa shape index (κ3) is 2.29. The Hall–Kier alpha value is -3.47. The minimum absolute atomic E-state index is 0.113. The molecule has 0 radical (unpaired) electrons. The highest BCUT2D eigenvalue weighted by Crippen LogP contribution is 2.45. The number of benzene rings is 3. The Balaban J connectivity index is 1.59. The Kier molecular flexibility index (Phi) is 3.31. The molecule has 3 aromatic rings. The number of hydrogen-bond donors (Lipinski definition) is 0. The molecule has 0 N–H and O–H groups in total. The molecule has 5 nitrogen and oxygen atoms in total. The summed E-state index contributed by atoms with van der Waals surface area (Å²) in [6, 6.07) is 22.4. The molecular formula is C21H15NO4. The monoisotopic (exact) mass is 345 g/mol. The van der Waals surface area contributed by atoms with E-state index in [1.807, 2.05) is 60.7 Å². The van der Waals surface area contributed by atoms with Gasteiger partial charge in [0, 0.05) is 11.1 Å². The van der Waals surface area contributed by atoms with Crippen LogP contribution in [0.1, 0.15) is 22.1 Å². The van der Waals surface area contributed by atoms with Crippen molar-refractivity contribution < 1.29 is 19.0 Å². The van der Waals surface area contributed by atoms with E-state index in [0.717, 1.165) is 11.3 Å². The van der Waals surface area contributed by atoms with Gasteiger partial charge < -0.3 is 14.2 Å². The molecule has 0 unspecified atom stereocenters. The number of hydrogen-bond acceptors (Lipinski definition) is 4. The van der Waals surface area contributed by atoms with Crippen LogP contribution in [0.25, 0.3) is 0 Å². The predicted octanol–water partition coefficient (Wildman–Crippen LogP) is 4.15. The molecule has 26 heavy (non-hydrogen) atoms. The Morgan fingerprint density at radius 3 is 2.50 bits per heavy atom. The molecule has 1 amide bonds. The van der Waals surface area contributed by atoms with Gasteiger partial charge in [0.2, 0.25) is 13.0 Å². The average Bonchev–Trinajstić information content (AvgIpc) is 3.31. The van der Waals surface area contributed by atoms with Crippen LogP contribution in [0, 0.1) is 0 Å². The molecule has 0 aliphatic carbocycles. The Labute approximate surface area is 150 Å². The van der Waals surface area contributed by atoms with Crippen LogP contribution in [0.15, 0.2) is 72.8 Å². The predicted molar refractivity (Wildman–Crippen MR) is 95.6 cm³/mol. The summed E-state index contributed by atoms with van der Waals surface area (Å²) < 4.78 is 17.0. The van der Waals surface area contributed by atoms with Gasteiger partial charge in [-0.25, -0.2) is 0 Å². The van der Waals surface area contributed by atoms with Crippen LogP contribution in [-0.4, -0.2) is 12.7 Å². The molecule has 0 saturated carbocycles. The molecule has 3 aromatic carbocycles. The fraction of sp³-hybridized carbons (Fsp3) is 0.0952. The van der Waals surface area contributed by atoms with Crippen LogP contribution in [0.2, 0.25) is 0 Å². The largest absolute Gasteiger partial charge is 0.464 e. The Bertz CT molecular complexity index is 986. The zero-order valence-electron chi connectivity index (χ0n) is 13.8. The van der Waals surface area contributed by atoms with Gasteiger partial charge in [-0.15, -0.1) is 0 Å². The second-order valence-corrected chi connectivity index (χ2v) is 6.09. The van der Waals surface area contributed by atoms with Crippen molar-refractivity contribution in [2.75, 3.05) is 11.7 Å². The minimum atomic E-state index is -0.561. The summed E-state index contributed by atoms with van der Waals surface area (Å²) in [5, 5.41) is 0. The van der Waals surface area contributed by atoms with Gasteiger partial charge in [0.05, 0.1) is 5.69 Å². The van der Waals surface area contributed by atoms with Crippen LogP contribution in [0.4, 0.5) is 5.69 Å². The zero-order valence-corrected chi connectivity index (χ0v) is 13.8. The SMILES string of the molecule is O=C(c1ccccc1)N1c2ccccc2O[C@H]1c1ccc2c(c1)OCO2. The number of fused-ring (bicyclic) bond motifs is 2. The Morgan fingerprint density at radius 2 is 1.62 bits per heavy atom. The molecule has 0 aromatic heterocycles. The fourth-order valence-corrected chi connectivity index (χ4v) is 3.27. The van der Waals surface area contributed by atoms with E-state index >= 15 is 0 Å². The molecular weight excluding hydrogens is 330 g/mol. The summed E-state index contributed by atoms with van der Waals surface area (Å²) in [7, 11) is 0. The summed E-state index contributed by atoms with van der Waals surface area (Å²) in [6.45, 7) is 0.206. The van der Waals surface area contributed by atoms with Gasteiger partial charge in [-0.1, -0.05) is 30.3 Å². The lowest BCUT2D eigenvalue weighted by Crippen LogP contribution is -2.33. The standard InChI is InChI=1S/C21H15NO4/c23-20(14-6-2-1-3-7-14)22-16-8-4-5-9-17(16)26-21(22)15-10-11-18-19(12-15)25-13-24-18/h1-12,21H,13H2/t21-/m0/s1. The molecule has 5 rings (SSSR count). The first kappa shape index (κ1) is 14.8. The number of para-hydroxylation sites is 2. The smallest absolute Gasteiger partial charge is 0.261 e. The lowest BCUT2D eigenvalue weighted by molar-refractivity contribution is 0.0938. The van der Waals surface area contributed by atoms with Crippen molar-refractivity contribution in [3.05, 3.63) is 83.9 Å². The summed E-state index contributed by atoms with van der Waals surface area (Å²) in [5.41, 5.74) is 2.19. The lowest BCUT2D eigenvalue weighted by atomic mass is 10.1. The van der Waals surface area contributed by atoms with Crippen LogP contribution in [-0.2, 0) is 0 Å². The van der Waals surface area contributed by atoms with Gasteiger partial charge >= 0.3 is 0 Å². The van der Waals surface area contributed by atoms with E-state index in [1.165, 1.54) is 0 Å². The summed E-state index contributed by atoms with van der Waals surface area (Å²) in [4.78, 5) is 14.9. The van der Waals surface area contributed by atoms with Gasteiger partial charge in [-0.2, -0.15) is 0 Å². The number of amides is 1. The topological polar surface area (TPSA) is 48.0 Å². The second kappa shape index (κ2) is 5.81. The third-order valence-electron chi connectivity index (χ3n) is 4.52. The van der Waals surface area contributed by atoms with Crippen LogP contribution < -0.4 is 19.1 Å². The van der Waals surface area contributed by atoms with Gasteiger partial charge in [0.1, 0.15) is 5.75 Å². The molecule has 0 bridgehead atoms. The molecule has 2 heterocycles. The molecule has 0 fully saturated rings. The maximum absolute atomic E-state index is 13.2. The first-order chi connectivity index (χ1) is 12.8. The number of nitrogens with zero attached hydrogens (tertiary/aromatic N) is 1. The molecule has 2 aliphatic rings. The summed E-state index contributed by atoms with van der Waals surface area (Å²) in [6.07, 6.45) is -0.561. The maximum Gasteiger partial charge on any atom is 0.261 e. The van der Waals surface area contributed by atoms with E-state index in [1.54, 1.807) is 17.0 Å². The lowest BCUT2D eigenvalue weighted by Gasteiger charge is -2.24. The van der Waals surface area contributed by atoms with Crippen molar-refractivity contribution in [1.29, 1.82) is 0 Å². The number of carbonyl (C=O) groups excluding carboxylic acids is 1. The minimum Gasteiger partial charge on any atom is -0.464 e. The molecule has 128 valence electrons. The first-order valence-electron chi connectivity index (χ1n) is 8.35. The van der Waals surface area contributed by atoms with E-state index in [2.05, 4.69) is 0 Å². The molecule has 5 heteroatoms. The average molecular weight is 345 g/mol. The number of anilines is 1. The molecule has 1 atom stereocenters. The van der Waals surface area contributed by atoms with Gasteiger partial charge in [0.25, 0.3) is 5.91 Å². The van der Waals surface area contributed by atoms with Crippen molar-refractivity contribution in [2.24, 2.45) is 0 Å². The molecule has 2 aliphatic heterocycles. The van der Waals surface area contributed by atoms with Gasteiger partial charge in [-0.05, 0) is 42.5 Å². The highest BCUT2D eigenvalue weighted by molar-refractivity contribution is 6.08. The van der Waals surface area contributed by atoms with Crippen molar-refractivity contribution in [3.8, 4) is 17.2 Å². The summed E-state index contributed by atoms with van der Waals surface area (Å²) in [5.74, 6) is 1.93. The van der Waals surface area contributed by atoms with Crippen molar-refractivity contribution in [1.82, 2.24) is 0 Å². The first-order valence-corrected chi connectivity index (χ1v) is 8.35. The van der Waals surface area contributed by atoms with E-state index in [-0.39, 0.29) is 12.7 Å². The molecule has 0 spiro atoms. The number of rotatable bonds is 2. The van der Waals surface area contributed by atoms with Crippen LogP contribution in [0.3, 0.4) is 0 Å². The van der Waals surface area contributed by atoms with Crippen LogP contribution >= 0.6 is 0 Å². The zero-order chi connectivity index (χ0) is 17.5. The second-order valence-electron chi connectivity index (χ2n) is 6.09. The van der Waals surface area contributed by atoms with E-state index in [0.29, 0.717) is 22.8 Å². The summed E-state index contributed by atoms with van der Waals surface area (Å²) >= 11 is 0. The highest BCUT2D eigenvalue weighted by atomic mass is 16.7. The van der Waals surface area contributed by atoms with Gasteiger partial charge in [-0.3, -0.25) is 9.69 Å². The van der Waals surface area contributed by atoms with Crippen molar-refractivity contribution >= 4 is 11.6 Å². The highest BCUT2D eigenvalue weighted by Gasteiger charge is 2.37. The molecule has 0 saturated heterocycles. The third-order valence-corrected chi connectivity index (χ3v) is 4.52. The maximum atomic E-state index is 13.2. The normalized spacial score (nSPS) is 16.9. The fourth-order valence-electron chi connectivity index (χ4n) is 3.27. The van der Waals surface area contributed by atoms with Gasteiger partial charge in [0.15, 0.2) is 11.5 Å². The van der Waals surface area contributed by atoms with E-state index in [4.69, 9.17) is 14.2 Å². The van der Waals surface area contributed by atoms with Crippen LogP contribution in [0.5, 0.6) is 17.2 Å².